The number of hydrogen-bond donors (Lipinski definition) is 0. The summed E-state index contributed by atoms with van der Waals surface area (Å²) in [7, 11) is 3.18. The summed E-state index contributed by atoms with van der Waals surface area (Å²) in [6.07, 6.45) is 0.827. The molecule has 0 unspecified atom stereocenters. The molecule has 1 rings (SSSR count). The Morgan fingerprint density at radius 3 is 1.80 bits per heavy atom. The normalized spacial score (nSPS) is 9.93. The number of ether oxygens (including phenoxy) is 2. The van der Waals surface area contributed by atoms with E-state index in [4.69, 9.17) is 9.47 Å². The van der Waals surface area contributed by atoms with E-state index in [0.717, 1.165) is 28.7 Å². The molecule has 0 aliphatic rings. The van der Waals surface area contributed by atoms with Gasteiger partial charge in [0.2, 0.25) is 0 Å². The third-order valence-electron chi connectivity index (χ3n) is 2.76. The van der Waals surface area contributed by atoms with E-state index in [-0.39, 0.29) is 0 Å². The van der Waals surface area contributed by atoms with Crippen molar-refractivity contribution in [1.29, 1.82) is 0 Å². The van der Waals surface area contributed by atoms with Gasteiger partial charge in [0.1, 0.15) is 11.5 Å². The number of carbonyl (C=O) groups is 1. The van der Waals surface area contributed by atoms with Gasteiger partial charge in [0.25, 0.3) is 0 Å². The molecule has 1 aromatic rings. The zero-order chi connectivity index (χ0) is 11.6. The monoisotopic (exact) mass is 208 g/mol. The lowest BCUT2D eigenvalue weighted by atomic mass is 9.98. The van der Waals surface area contributed by atoms with Gasteiger partial charge in [0, 0.05) is 5.56 Å². The topological polar surface area (TPSA) is 35.5 Å². The Morgan fingerprint density at radius 1 is 0.867 bits per heavy atom. The van der Waals surface area contributed by atoms with Crippen LogP contribution in [0.4, 0.5) is 0 Å². The molecule has 0 aliphatic carbocycles. The van der Waals surface area contributed by atoms with Crippen LogP contribution in [0.15, 0.2) is 0 Å². The number of rotatable bonds is 3. The van der Waals surface area contributed by atoms with Crippen LogP contribution in [0.1, 0.15) is 27.0 Å². The summed E-state index contributed by atoms with van der Waals surface area (Å²) in [5.41, 5.74) is 3.36. The average molecular weight is 208 g/mol. The molecule has 0 spiro atoms. The number of hydrogen-bond acceptors (Lipinski definition) is 3. The first-order chi connectivity index (χ1) is 7.08. The van der Waals surface area contributed by atoms with Crippen LogP contribution in [0, 0.1) is 20.8 Å². The first kappa shape index (κ1) is 11.6. The zero-order valence-electron chi connectivity index (χ0n) is 9.80. The third-order valence-corrected chi connectivity index (χ3v) is 2.76. The quantitative estimate of drug-likeness (QED) is 0.716. The van der Waals surface area contributed by atoms with Crippen molar-refractivity contribution in [3.8, 4) is 11.5 Å². The Labute approximate surface area is 90.0 Å². The maximum absolute atomic E-state index is 11.0. The van der Waals surface area contributed by atoms with E-state index in [2.05, 4.69) is 0 Å². The first-order valence-corrected chi connectivity index (χ1v) is 4.75. The number of aldehydes is 1. The highest BCUT2D eigenvalue weighted by molar-refractivity contribution is 5.84. The molecule has 3 heteroatoms. The smallest absolute Gasteiger partial charge is 0.154 e. The Kier molecular flexibility index (Phi) is 3.35. The lowest BCUT2D eigenvalue weighted by Crippen LogP contribution is -2.02. The fourth-order valence-corrected chi connectivity index (χ4v) is 1.84. The summed E-state index contributed by atoms with van der Waals surface area (Å²) in [4.78, 5) is 11.0. The molecule has 0 atom stereocenters. The Hall–Kier alpha value is -1.51. The van der Waals surface area contributed by atoms with Crippen molar-refractivity contribution >= 4 is 6.29 Å². The second-order valence-electron chi connectivity index (χ2n) is 3.47. The summed E-state index contributed by atoms with van der Waals surface area (Å²) in [5.74, 6) is 1.39. The molecule has 82 valence electrons. The van der Waals surface area contributed by atoms with Gasteiger partial charge in [-0.25, -0.2) is 0 Å². The van der Waals surface area contributed by atoms with Crippen molar-refractivity contribution in [2.24, 2.45) is 0 Å². The number of carbonyl (C=O) groups excluding carboxylic acids is 1. The van der Waals surface area contributed by atoms with E-state index in [0.29, 0.717) is 11.3 Å². The van der Waals surface area contributed by atoms with Crippen molar-refractivity contribution in [1.82, 2.24) is 0 Å². The van der Waals surface area contributed by atoms with Gasteiger partial charge in [0.15, 0.2) is 6.29 Å². The molecule has 0 saturated carbocycles. The van der Waals surface area contributed by atoms with Gasteiger partial charge in [-0.1, -0.05) is 0 Å². The van der Waals surface area contributed by atoms with Crippen LogP contribution >= 0.6 is 0 Å². The van der Waals surface area contributed by atoms with E-state index in [1.54, 1.807) is 14.2 Å². The summed E-state index contributed by atoms with van der Waals surface area (Å²) in [5, 5.41) is 0. The molecule has 1 aromatic carbocycles. The maximum Gasteiger partial charge on any atom is 0.154 e. The van der Waals surface area contributed by atoms with Crippen molar-refractivity contribution in [2.45, 2.75) is 20.8 Å². The van der Waals surface area contributed by atoms with Crippen LogP contribution in [-0.2, 0) is 0 Å². The Bertz CT molecular complexity index is 395. The van der Waals surface area contributed by atoms with Crippen LogP contribution in [0.25, 0.3) is 0 Å². The Morgan fingerprint density at radius 2 is 1.40 bits per heavy atom. The van der Waals surface area contributed by atoms with Crippen LogP contribution < -0.4 is 9.47 Å². The number of methoxy groups -OCH3 is 2. The zero-order valence-corrected chi connectivity index (χ0v) is 9.80. The largest absolute Gasteiger partial charge is 0.496 e. The van der Waals surface area contributed by atoms with Crippen LogP contribution in [0.2, 0.25) is 0 Å². The first-order valence-electron chi connectivity index (χ1n) is 4.75. The molecule has 0 amide bonds. The van der Waals surface area contributed by atoms with Gasteiger partial charge in [-0.15, -0.1) is 0 Å². The molecule has 0 saturated heterocycles. The van der Waals surface area contributed by atoms with E-state index in [1.165, 1.54) is 0 Å². The van der Waals surface area contributed by atoms with Gasteiger partial charge in [-0.3, -0.25) is 4.79 Å². The van der Waals surface area contributed by atoms with Gasteiger partial charge < -0.3 is 9.47 Å². The summed E-state index contributed by atoms with van der Waals surface area (Å²) < 4.78 is 10.5. The minimum atomic E-state index is 0.602. The second-order valence-corrected chi connectivity index (χ2v) is 3.47. The predicted molar refractivity (Wildman–Crippen MR) is 59.1 cm³/mol. The summed E-state index contributed by atoms with van der Waals surface area (Å²) in [6, 6.07) is 0. The van der Waals surface area contributed by atoms with Crippen molar-refractivity contribution in [3.63, 3.8) is 0 Å². The van der Waals surface area contributed by atoms with Gasteiger partial charge in [-0.2, -0.15) is 0 Å². The molecule has 0 radical (unpaired) electrons. The van der Waals surface area contributed by atoms with E-state index >= 15 is 0 Å². The van der Waals surface area contributed by atoms with Crippen molar-refractivity contribution in [2.75, 3.05) is 14.2 Å². The van der Waals surface area contributed by atoms with Gasteiger partial charge >= 0.3 is 0 Å². The van der Waals surface area contributed by atoms with E-state index < -0.39 is 0 Å². The minimum Gasteiger partial charge on any atom is -0.496 e. The lowest BCUT2D eigenvalue weighted by Gasteiger charge is -2.17. The van der Waals surface area contributed by atoms with Crippen molar-refractivity contribution < 1.29 is 14.3 Å². The molecule has 15 heavy (non-hydrogen) atoms. The van der Waals surface area contributed by atoms with Crippen LogP contribution in [-0.4, -0.2) is 20.5 Å². The SMILES string of the molecule is COc1c(C)c(C)c(C=O)c(OC)c1C. The fraction of sp³-hybridized carbons (Fsp3) is 0.417. The summed E-state index contributed by atoms with van der Waals surface area (Å²) >= 11 is 0. The van der Waals surface area contributed by atoms with E-state index in [1.807, 2.05) is 20.8 Å². The predicted octanol–water partition coefficient (Wildman–Crippen LogP) is 2.44. The van der Waals surface area contributed by atoms with Gasteiger partial charge in [-0.05, 0) is 31.9 Å². The van der Waals surface area contributed by atoms with Crippen molar-refractivity contribution in [3.05, 3.63) is 22.3 Å². The van der Waals surface area contributed by atoms with Crippen LogP contribution in [0.5, 0.6) is 11.5 Å². The highest BCUT2D eigenvalue weighted by Gasteiger charge is 2.17. The minimum absolute atomic E-state index is 0.602. The fourth-order valence-electron chi connectivity index (χ4n) is 1.84. The molecule has 0 fully saturated rings. The third kappa shape index (κ3) is 1.69. The molecule has 3 nitrogen and oxygen atoms in total. The molecule has 0 heterocycles. The summed E-state index contributed by atoms with van der Waals surface area (Å²) in [6.45, 7) is 5.72. The Balaban J connectivity index is 3.64. The molecule has 0 aromatic heterocycles. The maximum atomic E-state index is 11.0. The van der Waals surface area contributed by atoms with E-state index in [9.17, 15) is 4.79 Å². The molecular weight excluding hydrogens is 192 g/mol. The molecule has 0 aliphatic heterocycles. The number of benzene rings is 1. The molecule has 0 N–H and O–H groups in total. The average Bonchev–Trinajstić information content (AvgIpc) is 2.23. The second kappa shape index (κ2) is 4.34. The van der Waals surface area contributed by atoms with Gasteiger partial charge in [0.05, 0.1) is 19.8 Å². The lowest BCUT2D eigenvalue weighted by molar-refractivity contribution is 0.111. The molecular formula is C12H16O3. The van der Waals surface area contributed by atoms with Crippen LogP contribution in [0.3, 0.4) is 0 Å². The highest BCUT2D eigenvalue weighted by atomic mass is 16.5. The highest BCUT2D eigenvalue weighted by Crippen LogP contribution is 2.36. The molecule has 0 bridgehead atoms. The standard InChI is InChI=1S/C12H16O3/c1-7-8(2)11(14-4)9(3)12(15-5)10(7)6-13/h6H,1-5H3.